The van der Waals surface area contributed by atoms with Gasteiger partial charge in [0.2, 0.25) is 5.16 Å². The van der Waals surface area contributed by atoms with Gasteiger partial charge in [-0.15, -0.1) is 5.10 Å². The second-order valence-electron chi connectivity index (χ2n) is 3.54. The van der Waals surface area contributed by atoms with Gasteiger partial charge in [0.05, 0.1) is 7.11 Å². The van der Waals surface area contributed by atoms with Gasteiger partial charge >= 0.3 is 5.97 Å². The molecule has 2 aromatic rings. The van der Waals surface area contributed by atoms with Crippen molar-refractivity contribution in [3.05, 3.63) is 24.0 Å². The number of ether oxygens (including phenoxy) is 1. The normalized spacial score (nSPS) is 10.2. The summed E-state index contributed by atoms with van der Waals surface area (Å²) in [5.74, 6) is -1.09. The molecule has 104 valence electrons. The van der Waals surface area contributed by atoms with Crippen molar-refractivity contribution in [2.24, 2.45) is 5.73 Å². The number of amides is 1. The number of tetrazole rings is 1. The average molecular weight is 294 g/mol. The van der Waals surface area contributed by atoms with Gasteiger partial charge in [-0.05, 0) is 34.3 Å². The van der Waals surface area contributed by atoms with E-state index in [9.17, 15) is 9.59 Å². The Morgan fingerprint density at radius 2 is 2.30 bits per heavy atom. The van der Waals surface area contributed by atoms with Crippen molar-refractivity contribution < 1.29 is 14.3 Å². The highest BCUT2D eigenvalue weighted by atomic mass is 32.2. The number of carbonyl (C=O) groups excluding carboxylic acids is 2. The lowest BCUT2D eigenvalue weighted by molar-refractivity contribution is -0.141. The maximum absolute atomic E-state index is 11.2. The Morgan fingerprint density at radius 1 is 1.50 bits per heavy atom. The summed E-state index contributed by atoms with van der Waals surface area (Å²) in [5, 5.41) is 11.4. The van der Waals surface area contributed by atoms with Crippen molar-refractivity contribution in [1.29, 1.82) is 0 Å². The van der Waals surface area contributed by atoms with E-state index in [2.05, 4.69) is 25.2 Å². The Kier molecular flexibility index (Phi) is 4.25. The fourth-order valence-electron chi connectivity index (χ4n) is 1.27. The number of aromatic nitrogens is 5. The van der Waals surface area contributed by atoms with Crippen molar-refractivity contribution in [3.8, 4) is 0 Å². The molecule has 0 fully saturated rings. The zero-order valence-corrected chi connectivity index (χ0v) is 11.2. The van der Waals surface area contributed by atoms with Crippen LogP contribution < -0.4 is 5.73 Å². The van der Waals surface area contributed by atoms with E-state index in [1.54, 1.807) is 6.07 Å². The molecule has 0 bridgehead atoms. The van der Waals surface area contributed by atoms with Gasteiger partial charge in [-0.25, -0.2) is 4.68 Å². The van der Waals surface area contributed by atoms with Crippen LogP contribution in [0.25, 0.3) is 0 Å². The van der Waals surface area contributed by atoms with Gasteiger partial charge in [0.1, 0.15) is 12.2 Å². The highest BCUT2D eigenvalue weighted by Gasteiger charge is 2.13. The minimum absolute atomic E-state index is 0.0976. The van der Waals surface area contributed by atoms with Gasteiger partial charge in [-0.2, -0.15) is 0 Å². The van der Waals surface area contributed by atoms with Gasteiger partial charge in [0.15, 0.2) is 0 Å². The largest absolute Gasteiger partial charge is 0.468 e. The molecule has 0 saturated heterocycles. The summed E-state index contributed by atoms with van der Waals surface area (Å²) in [4.78, 5) is 26.8. The van der Waals surface area contributed by atoms with E-state index in [4.69, 9.17) is 5.73 Å². The molecule has 0 aromatic carbocycles. The minimum atomic E-state index is -0.624. The quantitative estimate of drug-likeness (QED) is 0.731. The van der Waals surface area contributed by atoms with Gasteiger partial charge in [0.25, 0.3) is 5.91 Å². The number of hydrogen-bond acceptors (Lipinski definition) is 8. The third-order valence-electron chi connectivity index (χ3n) is 2.20. The molecule has 0 aliphatic heterocycles. The Bertz CT molecular complexity index is 643. The monoisotopic (exact) mass is 294 g/mol. The summed E-state index contributed by atoms with van der Waals surface area (Å²) in [6.07, 6.45) is 1.46. The van der Waals surface area contributed by atoms with Crippen LogP contribution in [0.1, 0.15) is 10.5 Å². The first kappa shape index (κ1) is 13.9. The summed E-state index contributed by atoms with van der Waals surface area (Å²) >= 11 is 1.18. The van der Waals surface area contributed by atoms with Crippen molar-refractivity contribution >= 4 is 23.6 Å². The Hall–Kier alpha value is -2.49. The number of nitrogens with zero attached hydrogens (tertiary/aromatic N) is 5. The maximum Gasteiger partial charge on any atom is 0.327 e. The van der Waals surface area contributed by atoms with Crippen LogP contribution in [0.5, 0.6) is 0 Å². The van der Waals surface area contributed by atoms with Crippen LogP contribution in [-0.2, 0) is 16.1 Å². The molecule has 10 heteroatoms. The van der Waals surface area contributed by atoms with Crippen molar-refractivity contribution in [1.82, 2.24) is 25.2 Å². The topological polar surface area (TPSA) is 126 Å². The fraction of sp³-hybridized carbons (Fsp3) is 0.200. The van der Waals surface area contributed by atoms with Gasteiger partial charge < -0.3 is 10.5 Å². The standard InChI is InChI=1S/C10H10N6O3S/c1-19-8(17)5-16-10(13-14-15-16)20-6-2-3-12-7(4-6)9(11)18/h2-4H,5H2,1H3,(H2,11,18). The predicted octanol–water partition coefficient (Wildman–Crippen LogP) is -0.509. The van der Waals surface area contributed by atoms with Crippen LogP contribution in [-0.4, -0.2) is 44.2 Å². The molecule has 0 saturated carbocycles. The van der Waals surface area contributed by atoms with E-state index in [-0.39, 0.29) is 12.2 Å². The Morgan fingerprint density at radius 3 is 3.00 bits per heavy atom. The zero-order chi connectivity index (χ0) is 14.5. The summed E-state index contributed by atoms with van der Waals surface area (Å²) < 4.78 is 5.84. The molecule has 0 unspecified atom stereocenters. The molecule has 20 heavy (non-hydrogen) atoms. The van der Waals surface area contributed by atoms with Crippen LogP contribution in [0, 0.1) is 0 Å². The number of esters is 1. The van der Waals surface area contributed by atoms with E-state index in [0.717, 1.165) is 0 Å². The van der Waals surface area contributed by atoms with E-state index in [1.807, 2.05) is 0 Å². The first-order chi connectivity index (χ1) is 9.60. The Labute approximate surface area is 117 Å². The molecule has 2 aromatic heterocycles. The fourth-order valence-corrected chi connectivity index (χ4v) is 2.06. The van der Waals surface area contributed by atoms with Gasteiger partial charge in [0, 0.05) is 11.1 Å². The number of rotatable bonds is 5. The van der Waals surface area contributed by atoms with Crippen molar-refractivity contribution in [2.45, 2.75) is 16.6 Å². The molecule has 2 rings (SSSR count). The van der Waals surface area contributed by atoms with Crippen LogP contribution in [0.15, 0.2) is 28.4 Å². The summed E-state index contributed by atoms with van der Waals surface area (Å²) in [6.45, 7) is -0.0976. The lowest BCUT2D eigenvalue weighted by atomic mass is 10.3. The van der Waals surface area contributed by atoms with E-state index in [0.29, 0.717) is 10.1 Å². The van der Waals surface area contributed by atoms with Crippen LogP contribution >= 0.6 is 11.8 Å². The van der Waals surface area contributed by atoms with Crippen molar-refractivity contribution in [3.63, 3.8) is 0 Å². The SMILES string of the molecule is COC(=O)Cn1nnnc1Sc1ccnc(C(N)=O)c1. The molecule has 9 nitrogen and oxygen atoms in total. The lowest BCUT2D eigenvalue weighted by Gasteiger charge is -2.03. The Balaban J connectivity index is 2.18. The second-order valence-corrected chi connectivity index (χ2v) is 4.58. The van der Waals surface area contributed by atoms with Crippen LogP contribution in [0.3, 0.4) is 0 Å². The first-order valence-electron chi connectivity index (χ1n) is 5.37. The van der Waals surface area contributed by atoms with Crippen molar-refractivity contribution in [2.75, 3.05) is 7.11 Å². The molecule has 0 radical (unpaired) electrons. The molecule has 1 amide bonds. The number of nitrogens with two attached hydrogens (primary N) is 1. The highest BCUT2D eigenvalue weighted by Crippen LogP contribution is 2.25. The summed E-state index contributed by atoms with van der Waals surface area (Å²) in [7, 11) is 1.28. The van der Waals surface area contributed by atoms with Gasteiger partial charge in [-0.1, -0.05) is 0 Å². The molecule has 0 spiro atoms. The number of primary amides is 1. The van der Waals surface area contributed by atoms with E-state index < -0.39 is 11.9 Å². The predicted molar refractivity (Wildman–Crippen MR) is 66.7 cm³/mol. The number of hydrogen-bond donors (Lipinski definition) is 1. The number of pyridine rings is 1. The zero-order valence-electron chi connectivity index (χ0n) is 10.4. The first-order valence-corrected chi connectivity index (χ1v) is 6.18. The summed E-state index contributed by atoms with van der Waals surface area (Å²) in [6, 6.07) is 3.19. The molecule has 2 heterocycles. The molecular weight excluding hydrogens is 284 g/mol. The number of carbonyl (C=O) groups is 2. The molecular formula is C10H10N6O3S. The molecule has 2 N–H and O–H groups in total. The lowest BCUT2D eigenvalue weighted by Crippen LogP contribution is -2.14. The number of methoxy groups -OCH3 is 1. The molecule has 0 aliphatic carbocycles. The average Bonchev–Trinajstić information content (AvgIpc) is 2.86. The maximum atomic E-state index is 11.2. The van der Waals surface area contributed by atoms with Crippen LogP contribution in [0.2, 0.25) is 0 Å². The third-order valence-corrected chi connectivity index (χ3v) is 3.16. The summed E-state index contributed by atoms with van der Waals surface area (Å²) in [5.41, 5.74) is 5.29. The van der Waals surface area contributed by atoms with E-state index >= 15 is 0 Å². The second kappa shape index (κ2) is 6.10. The molecule has 0 atom stereocenters. The van der Waals surface area contributed by atoms with E-state index in [1.165, 1.54) is 35.8 Å². The molecule has 0 aliphatic rings. The third kappa shape index (κ3) is 3.29. The van der Waals surface area contributed by atoms with Crippen LogP contribution in [0.4, 0.5) is 0 Å². The highest BCUT2D eigenvalue weighted by molar-refractivity contribution is 7.99. The minimum Gasteiger partial charge on any atom is -0.468 e. The smallest absolute Gasteiger partial charge is 0.327 e. The van der Waals surface area contributed by atoms with Gasteiger partial charge in [-0.3, -0.25) is 14.6 Å².